The Balaban J connectivity index is 0.853. The summed E-state index contributed by atoms with van der Waals surface area (Å²) in [5.74, 6) is 0. The van der Waals surface area contributed by atoms with Gasteiger partial charge in [0.15, 0.2) is 0 Å². The summed E-state index contributed by atoms with van der Waals surface area (Å²) in [5.41, 5.74) is 17.4. The van der Waals surface area contributed by atoms with Crippen LogP contribution in [0, 0.1) is 0 Å². The first-order valence-electron chi connectivity index (χ1n) is 24.8. The smallest absolute Gasteiger partial charge is 0.137 e. The Bertz CT molecular complexity index is 4030. The van der Waals surface area contributed by atoms with Crippen LogP contribution < -0.4 is 9.80 Å². The van der Waals surface area contributed by atoms with Gasteiger partial charge in [0.1, 0.15) is 11.3 Å². The molecule has 0 radical (unpaired) electrons. The fraction of sp³-hybridized carbons (Fsp3) is 0. The maximum absolute atomic E-state index is 5.34. The number of rotatable bonds is 10. The number of hydrogen-bond acceptors (Lipinski definition) is 6. The van der Waals surface area contributed by atoms with Crippen molar-refractivity contribution in [3.05, 3.63) is 267 Å². The number of imidazole rings is 2. The zero-order valence-corrected chi connectivity index (χ0v) is 40.0. The molecule has 0 spiro atoms. The molecule has 0 saturated carbocycles. The molecule has 0 aliphatic rings. The van der Waals surface area contributed by atoms with Gasteiger partial charge in [-0.15, -0.1) is 0 Å². The van der Waals surface area contributed by atoms with Gasteiger partial charge in [-0.1, -0.05) is 146 Å². The van der Waals surface area contributed by atoms with Crippen molar-refractivity contribution < 1.29 is 0 Å². The lowest BCUT2D eigenvalue weighted by Gasteiger charge is -2.27. The maximum Gasteiger partial charge on any atom is 0.137 e. The predicted octanol–water partition coefficient (Wildman–Crippen LogP) is 16.8. The van der Waals surface area contributed by atoms with Crippen LogP contribution >= 0.6 is 0 Å². The lowest BCUT2D eigenvalue weighted by Crippen LogP contribution is -2.10. The van der Waals surface area contributed by atoms with Crippen molar-refractivity contribution in [1.82, 2.24) is 28.7 Å². The molecule has 8 nitrogen and oxygen atoms in total. The molecule has 0 atom stereocenters. The number of hydrogen-bond donors (Lipinski definition) is 0. The number of nitrogens with zero attached hydrogens (tertiary/aromatic N) is 8. The molecule has 0 fully saturated rings. The molecule has 14 rings (SSSR count). The van der Waals surface area contributed by atoms with Crippen LogP contribution in [0.4, 0.5) is 34.1 Å². The third kappa shape index (κ3) is 7.48. The zero-order valence-electron chi connectivity index (χ0n) is 40.0. The number of benzene rings is 9. The average molecular weight is 949 g/mol. The van der Waals surface area contributed by atoms with Crippen LogP contribution in [0.2, 0.25) is 0 Å². The fourth-order valence-corrected chi connectivity index (χ4v) is 10.5. The molecule has 348 valence electrons. The fourth-order valence-electron chi connectivity index (χ4n) is 10.5. The van der Waals surface area contributed by atoms with Crippen LogP contribution in [0.15, 0.2) is 267 Å². The van der Waals surface area contributed by atoms with E-state index in [1.165, 1.54) is 0 Å². The molecule has 74 heavy (non-hydrogen) atoms. The molecule has 0 aliphatic carbocycles. The van der Waals surface area contributed by atoms with Crippen molar-refractivity contribution in [3.63, 3.8) is 0 Å². The van der Waals surface area contributed by atoms with E-state index in [0.29, 0.717) is 0 Å². The Morgan fingerprint density at radius 2 is 0.649 bits per heavy atom. The molecule has 14 aromatic rings. The van der Waals surface area contributed by atoms with Gasteiger partial charge in [-0.3, -0.25) is 0 Å². The maximum atomic E-state index is 5.34. The Labute approximate surface area is 427 Å². The molecule has 0 amide bonds. The van der Waals surface area contributed by atoms with Gasteiger partial charge in [-0.2, -0.15) is 0 Å². The van der Waals surface area contributed by atoms with E-state index in [2.05, 4.69) is 213 Å². The Morgan fingerprint density at radius 3 is 1.07 bits per heavy atom. The van der Waals surface area contributed by atoms with E-state index < -0.39 is 0 Å². The highest BCUT2D eigenvalue weighted by molar-refractivity contribution is 6.07. The molecule has 5 aromatic heterocycles. The number of pyridine rings is 2. The monoisotopic (exact) mass is 948 g/mol. The molecule has 9 aromatic carbocycles. The van der Waals surface area contributed by atoms with Gasteiger partial charge in [-0.25, -0.2) is 19.9 Å². The van der Waals surface area contributed by atoms with Crippen LogP contribution in [0.1, 0.15) is 0 Å². The summed E-state index contributed by atoms with van der Waals surface area (Å²) in [6, 6.07) is 85.0. The topological polar surface area (TPSA) is 66.9 Å². The van der Waals surface area contributed by atoms with Crippen LogP contribution in [0.25, 0.3) is 88.9 Å². The lowest BCUT2D eigenvalue weighted by molar-refractivity contribution is 1.19. The second kappa shape index (κ2) is 17.9. The van der Waals surface area contributed by atoms with Gasteiger partial charge in [-0.05, 0) is 108 Å². The first kappa shape index (κ1) is 42.7. The van der Waals surface area contributed by atoms with Gasteiger partial charge < -0.3 is 18.6 Å². The summed E-state index contributed by atoms with van der Waals surface area (Å²) >= 11 is 0. The highest BCUT2D eigenvalue weighted by Crippen LogP contribution is 2.45. The van der Waals surface area contributed by atoms with Crippen LogP contribution in [0.3, 0.4) is 0 Å². The largest absolute Gasteiger partial charge is 0.310 e. The summed E-state index contributed by atoms with van der Waals surface area (Å²) in [4.78, 5) is 25.4. The summed E-state index contributed by atoms with van der Waals surface area (Å²) in [7, 11) is 0. The molecule has 0 saturated heterocycles. The zero-order chi connectivity index (χ0) is 49.0. The molecular weight excluding hydrogens is 905 g/mol. The molecule has 0 bridgehead atoms. The summed E-state index contributed by atoms with van der Waals surface area (Å²) in [5, 5.41) is 4.51. The summed E-state index contributed by atoms with van der Waals surface area (Å²) in [6.45, 7) is 0. The normalized spacial score (nSPS) is 11.5. The number of para-hydroxylation sites is 4. The quantitative estimate of drug-likeness (QED) is 0.136. The first-order valence-corrected chi connectivity index (χ1v) is 24.8. The highest BCUT2D eigenvalue weighted by atomic mass is 15.2. The van der Waals surface area contributed by atoms with E-state index in [9.17, 15) is 0 Å². The minimum atomic E-state index is 0.810. The minimum absolute atomic E-state index is 0.810. The van der Waals surface area contributed by atoms with Crippen LogP contribution in [-0.4, -0.2) is 28.7 Å². The van der Waals surface area contributed by atoms with Gasteiger partial charge in [0.05, 0.1) is 45.2 Å². The predicted molar refractivity (Wildman–Crippen MR) is 303 cm³/mol. The lowest BCUT2D eigenvalue weighted by atomic mass is 9.99. The van der Waals surface area contributed by atoms with Crippen molar-refractivity contribution in [3.8, 4) is 45.0 Å². The Kier molecular flexibility index (Phi) is 10.3. The van der Waals surface area contributed by atoms with Crippen molar-refractivity contribution in [2.75, 3.05) is 9.80 Å². The SMILES string of the molecule is c1ccc(N(c2ccc(-c3nc4ccccc4nc3-c3ccc(N(c4ccccc4)c4ccc(-c5cn6ccccc6n5)c5ccccc45)cc3)cc2)c2ccc(-c3cn4ccccc4n3)c3ccccc23)cc1. The number of aromatic nitrogens is 6. The summed E-state index contributed by atoms with van der Waals surface area (Å²) < 4.78 is 4.15. The molecule has 8 heteroatoms. The van der Waals surface area contributed by atoms with Gasteiger partial charge in [0.2, 0.25) is 0 Å². The first-order chi connectivity index (χ1) is 36.7. The van der Waals surface area contributed by atoms with Crippen molar-refractivity contribution in [2.24, 2.45) is 0 Å². The third-order valence-corrected chi connectivity index (χ3v) is 14.0. The van der Waals surface area contributed by atoms with Crippen LogP contribution in [0.5, 0.6) is 0 Å². The van der Waals surface area contributed by atoms with Gasteiger partial charge in [0.25, 0.3) is 0 Å². The second-order valence-corrected chi connectivity index (χ2v) is 18.4. The molecular formula is C66H44N8. The molecule has 0 aliphatic heterocycles. The van der Waals surface area contributed by atoms with Crippen molar-refractivity contribution in [2.45, 2.75) is 0 Å². The molecule has 0 unspecified atom stereocenters. The van der Waals surface area contributed by atoms with Crippen molar-refractivity contribution in [1.29, 1.82) is 0 Å². The summed E-state index contributed by atoms with van der Waals surface area (Å²) in [6.07, 6.45) is 8.29. The Hall–Kier alpha value is -10.2. The van der Waals surface area contributed by atoms with Crippen LogP contribution in [-0.2, 0) is 0 Å². The van der Waals surface area contributed by atoms with E-state index in [-0.39, 0.29) is 0 Å². The second-order valence-electron chi connectivity index (χ2n) is 18.4. The van der Waals surface area contributed by atoms with E-state index in [1.807, 2.05) is 73.1 Å². The standard InChI is InChI=1S/C66H44N8/c1-3-17-47(18-4-1)73(61-39-37-53(51-21-7-9-23-55(51)61)59-43-71-41-15-13-27-63(71)67-59)49-33-29-45(30-34-49)65-66(70-58-26-12-11-25-57(58)69-65)46-31-35-50(36-32-46)74(48-19-5-2-6-20-48)62-40-38-54(52-22-8-10-24-56(52)62)60-44-72-42-16-14-28-64(72)68-60/h1-44H. The van der Waals surface area contributed by atoms with E-state index in [0.717, 1.165) is 123 Å². The number of anilines is 6. The van der Waals surface area contributed by atoms with Gasteiger partial charge in [0, 0.05) is 80.6 Å². The van der Waals surface area contributed by atoms with E-state index in [1.54, 1.807) is 0 Å². The molecule has 5 heterocycles. The Morgan fingerprint density at radius 1 is 0.284 bits per heavy atom. The average Bonchev–Trinajstić information content (AvgIpc) is 4.12. The highest BCUT2D eigenvalue weighted by Gasteiger charge is 2.22. The van der Waals surface area contributed by atoms with E-state index in [4.69, 9.17) is 19.9 Å². The van der Waals surface area contributed by atoms with Crippen molar-refractivity contribution >= 4 is 78.0 Å². The third-order valence-electron chi connectivity index (χ3n) is 14.0. The van der Waals surface area contributed by atoms with Gasteiger partial charge >= 0.3 is 0 Å². The van der Waals surface area contributed by atoms with E-state index >= 15 is 0 Å². The number of fused-ring (bicyclic) bond motifs is 5. The minimum Gasteiger partial charge on any atom is -0.310 e. The molecule has 0 N–H and O–H groups in total.